The van der Waals surface area contributed by atoms with Crippen molar-refractivity contribution < 1.29 is 19.1 Å². The Morgan fingerprint density at radius 2 is 1.64 bits per heavy atom. The van der Waals surface area contributed by atoms with E-state index in [1.165, 1.54) is 7.11 Å². The molecule has 0 aromatic rings. The number of ether oxygens (including phenoxy) is 1. The van der Waals surface area contributed by atoms with Gasteiger partial charge in [0.1, 0.15) is 6.04 Å². The first kappa shape index (κ1) is 21.5. The van der Waals surface area contributed by atoms with Crippen LogP contribution in [0, 0.1) is 0 Å². The summed E-state index contributed by atoms with van der Waals surface area (Å²) < 4.78 is 4.65. The van der Waals surface area contributed by atoms with Crippen LogP contribution < -0.4 is 5.32 Å². The highest BCUT2D eigenvalue weighted by atomic mass is 35.5. The molecule has 0 aliphatic rings. The Morgan fingerprint density at radius 3 is 2.18 bits per heavy atom. The van der Waals surface area contributed by atoms with E-state index in [1.54, 1.807) is 0 Å². The topological polar surface area (TPSA) is 72.5 Å². The summed E-state index contributed by atoms with van der Waals surface area (Å²) in [6.45, 7) is 0. The monoisotopic (exact) mass is 371 g/mol. The fraction of sp³-hybridized carbons (Fsp3) is 0.786. The number of alkyl halides is 2. The third kappa shape index (κ3) is 11.2. The van der Waals surface area contributed by atoms with Gasteiger partial charge in [-0.25, -0.2) is 4.79 Å². The normalized spacial score (nSPS) is 11.8. The minimum atomic E-state index is -0.810. The molecule has 1 atom stereocenters. The number of unbranched alkanes of at least 4 members (excludes halogenated alkanes) is 2. The number of hydrogen-bond donors (Lipinski definition) is 1. The largest absolute Gasteiger partial charge is 0.467 e. The number of nitrogens with one attached hydrogen (secondary N) is 1. The smallest absolute Gasteiger partial charge is 0.329 e. The van der Waals surface area contributed by atoms with Crippen LogP contribution in [0.5, 0.6) is 0 Å². The van der Waals surface area contributed by atoms with E-state index in [9.17, 15) is 14.4 Å². The summed E-state index contributed by atoms with van der Waals surface area (Å²) in [5.41, 5.74) is 0. The number of thioether (sulfide) groups is 1. The lowest BCUT2D eigenvalue weighted by Gasteiger charge is -2.15. The second-order valence-electron chi connectivity index (χ2n) is 4.62. The van der Waals surface area contributed by atoms with Crippen LogP contribution in [0.2, 0.25) is 0 Å². The lowest BCUT2D eigenvalue weighted by molar-refractivity contribution is -0.144. The summed E-state index contributed by atoms with van der Waals surface area (Å²) >= 11 is 12.1. The first-order valence-corrected chi connectivity index (χ1v) is 9.25. The molecule has 0 radical (unpaired) electrons. The van der Waals surface area contributed by atoms with E-state index < -0.39 is 12.0 Å². The second kappa shape index (κ2) is 14.2. The minimum absolute atomic E-state index is 0.0181. The number of esters is 1. The fourth-order valence-corrected chi connectivity index (χ4v) is 2.81. The van der Waals surface area contributed by atoms with E-state index in [-0.39, 0.29) is 16.8 Å². The Bertz CT molecular complexity index is 356. The molecule has 1 amide bonds. The zero-order chi connectivity index (χ0) is 16.8. The van der Waals surface area contributed by atoms with E-state index in [0.717, 1.165) is 31.0 Å². The fourth-order valence-electron chi connectivity index (χ4n) is 1.57. The number of amides is 1. The molecule has 0 saturated heterocycles. The molecule has 5 nitrogen and oxygen atoms in total. The summed E-state index contributed by atoms with van der Waals surface area (Å²) in [7, 11) is 1.25. The highest BCUT2D eigenvalue weighted by molar-refractivity contribution is 8.13. The zero-order valence-electron chi connectivity index (χ0n) is 12.7. The van der Waals surface area contributed by atoms with E-state index in [0.29, 0.717) is 31.0 Å². The molecule has 0 aromatic carbocycles. The van der Waals surface area contributed by atoms with Crippen molar-refractivity contribution in [2.75, 3.05) is 24.6 Å². The average molecular weight is 372 g/mol. The third-order valence-electron chi connectivity index (χ3n) is 2.78. The summed E-state index contributed by atoms with van der Waals surface area (Å²) in [5.74, 6) is 0.414. The first-order valence-electron chi connectivity index (χ1n) is 7.19. The Hall–Kier alpha value is -0.460. The van der Waals surface area contributed by atoms with E-state index in [2.05, 4.69) is 10.1 Å². The van der Waals surface area contributed by atoms with Crippen molar-refractivity contribution in [1.82, 2.24) is 5.32 Å². The van der Waals surface area contributed by atoms with Crippen LogP contribution in [-0.4, -0.2) is 47.7 Å². The van der Waals surface area contributed by atoms with Crippen molar-refractivity contribution in [3.63, 3.8) is 0 Å². The Kier molecular flexibility index (Phi) is 13.9. The van der Waals surface area contributed by atoms with Gasteiger partial charge >= 0.3 is 5.97 Å². The Labute approximate surface area is 145 Å². The zero-order valence-corrected chi connectivity index (χ0v) is 15.1. The van der Waals surface area contributed by atoms with Crippen molar-refractivity contribution in [2.45, 2.75) is 44.6 Å². The second-order valence-corrected chi connectivity index (χ2v) is 6.45. The van der Waals surface area contributed by atoms with E-state index >= 15 is 0 Å². The molecule has 0 aromatic heterocycles. The van der Waals surface area contributed by atoms with Crippen LogP contribution in [0.4, 0.5) is 0 Å². The molecule has 8 heteroatoms. The molecule has 0 aliphatic heterocycles. The molecule has 0 spiro atoms. The summed E-state index contributed by atoms with van der Waals surface area (Å²) in [5, 5.41) is 2.58. The molecular weight excluding hydrogens is 349 g/mol. The minimum Gasteiger partial charge on any atom is -0.467 e. The lowest BCUT2D eigenvalue weighted by Crippen LogP contribution is -2.43. The van der Waals surface area contributed by atoms with Crippen molar-refractivity contribution in [1.29, 1.82) is 0 Å². The van der Waals surface area contributed by atoms with Gasteiger partial charge in [-0.05, 0) is 25.7 Å². The van der Waals surface area contributed by atoms with Gasteiger partial charge in [-0.15, -0.1) is 23.2 Å². The van der Waals surface area contributed by atoms with Gasteiger partial charge < -0.3 is 10.1 Å². The van der Waals surface area contributed by atoms with Gasteiger partial charge in [-0.1, -0.05) is 11.8 Å². The average Bonchev–Trinajstić information content (AvgIpc) is 2.51. The maximum absolute atomic E-state index is 11.7. The van der Waals surface area contributed by atoms with E-state index in [1.807, 2.05) is 0 Å². The molecule has 1 N–H and O–H groups in total. The maximum Gasteiger partial charge on any atom is 0.329 e. The lowest BCUT2D eigenvalue weighted by atomic mass is 10.2. The van der Waals surface area contributed by atoms with Crippen molar-refractivity contribution in [2.24, 2.45) is 0 Å². The molecule has 0 saturated carbocycles. The van der Waals surface area contributed by atoms with Crippen molar-refractivity contribution in [3.8, 4) is 0 Å². The van der Waals surface area contributed by atoms with Gasteiger partial charge in [0.25, 0.3) is 0 Å². The van der Waals surface area contributed by atoms with Gasteiger partial charge in [0.15, 0.2) is 5.12 Å². The number of methoxy groups -OCH3 is 1. The predicted molar refractivity (Wildman–Crippen MR) is 90.6 cm³/mol. The highest BCUT2D eigenvalue weighted by Gasteiger charge is 2.22. The number of carbonyl (C=O) groups is 3. The van der Waals surface area contributed by atoms with Gasteiger partial charge in [0, 0.05) is 30.4 Å². The van der Waals surface area contributed by atoms with Gasteiger partial charge in [0.05, 0.1) is 7.11 Å². The van der Waals surface area contributed by atoms with Crippen LogP contribution in [0.3, 0.4) is 0 Å². The molecule has 22 heavy (non-hydrogen) atoms. The van der Waals surface area contributed by atoms with Crippen LogP contribution in [-0.2, 0) is 19.1 Å². The summed E-state index contributed by atoms with van der Waals surface area (Å²) in [6.07, 6.45) is 3.62. The highest BCUT2D eigenvalue weighted by Crippen LogP contribution is 2.12. The number of hydrogen-bond acceptors (Lipinski definition) is 5. The Balaban J connectivity index is 4.20. The molecule has 128 valence electrons. The summed E-state index contributed by atoms with van der Waals surface area (Å²) in [4.78, 5) is 35.1. The third-order valence-corrected chi connectivity index (χ3v) is 4.34. The molecule has 0 bridgehead atoms. The van der Waals surface area contributed by atoms with Crippen molar-refractivity contribution in [3.05, 3.63) is 0 Å². The maximum atomic E-state index is 11.7. The first-order chi connectivity index (χ1) is 10.5. The number of carbonyl (C=O) groups excluding carboxylic acids is 3. The molecule has 0 heterocycles. The predicted octanol–water partition coefficient (Wildman–Crippen LogP) is 2.72. The SMILES string of the molecule is COC(=O)[C@H](CSC(=O)CCCCCl)NC(=O)CCCCCl. The van der Waals surface area contributed by atoms with Crippen LogP contribution in [0.1, 0.15) is 38.5 Å². The van der Waals surface area contributed by atoms with Crippen LogP contribution in [0.15, 0.2) is 0 Å². The number of halogens is 2. The molecule has 0 rings (SSSR count). The van der Waals surface area contributed by atoms with Crippen LogP contribution >= 0.6 is 35.0 Å². The Morgan fingerprint density at radius 1 is 1.05 bits per heavy atom. The quantitative estimate of drug-likeness (QED) is 0.324. The molecule has 0 fully saturated rings. The van der Waals surface area contributed by atoms with Gasteiger partial charge in [-0.3, -0.25) is 9.59 Å². The molecule has 0 aliphatic carbocycles. The molecule has 0 unspecified atom stereocenters. The van der Waals surface area contributed by atoms with Crippen LogP contribution in [0.25, 0.3) is 0 Å². The van der Waals surface area contributed by atoms with E-state index in [4.69, 9.17) is 23.2 Å². The number of rotatable bonds is 12. The van der Waals surface area contributed by atoms with Gasteiger partial charge in [0.2, 0.25) is 5.91 Å². The van der Waals surface area contributed by atoms with Crippen molar-refractivity contribution >= 4 is 52.0 Å². The standard InChI is InChI=1S/C14H23Cl2NO4S/c1-21-14(20)11(17-12(18)6-2-4-8-15)10-22-13(19)7-3-5-9-16/h11H,2-10H2,1H3,(H,17,18)/t11-/m0/s1. The summed E-state index contributed by atoms with van der Waals surface area (Å²) in [6, 6.07) is -0.810. The van der Waals surface area contributed by atoms with Gasteiger partial charge in [-0.2, -0.15) is 0 Å². The molecular formula is C14H23Cl2NO4S.